The minimum absolute atomic E-state index is 0.0105. The first-order chi connectivity index (χ1) is 20.5. The molecule has 0 spiro atoms. The van der Waals surface area contributed by atoms with E-state index in [2.05, 4.69) is 0 Å². The van der Waals surface area contributed by atoms with Gasteiger partial charge in [0.25, 0.3) is 0 Å². The number of carbonyl (C=O) groups is 3. The van der Waals surface area contributed by atoms with Crippen molar-refractivity contribution in [3.8, 4) is 5.75 Å². The molecule has 1 aromatic heterocycles. The van der Waals surface area contributed by atoms with Crippen molar-refractivity contribution in [2.75, 3.05) is 26.2 Å². The maximum atomic E-state index is 14.5. The van der Waals surface area contributed by atoms with Crippen LogP contribution in [0.15, 0.2) is 88.7 Å². The summed E-state index contributed by atoms with van der Waals surface area (Å²) in [6.45, 7) is 0. The smallest absolute Gasteiger partial charge is 0.416 e. The third-order valence-corrected chi connectivity index (χ3v) is 8.64. The summed E-state index contributed by atoms with van der Waals surface area (Å²) >= 11 is 1.26. The molecule has 0 bridgehead atoms. The second-order valence-electron chi connectivity index (χ2n) is 9.93. The number of esters is 2. The van der Waals surface area contributed by atoms with Gasteiger partial charge in [-0.05, 0) is 53.8 Å². The van der Waals surface area contributed by atoms with Crippen LogP contribution in [-0.4, -0.2) is 39.1 Å². The predicted molar refractivity (Wildman–Crippen MR) is 152 cm³/mol. The first-order valence-corrected chi connectivity index (χ1v) is 14.0. The molecule has 3 aromatic rings. The zero-order valence-corrected chi connectivity index (χ0v) is 24.1. The minimum atomic E-state index is -4.67. The Labute approximate surface area is 249 Å². The number of allylic oxidation sites excluding steroid dienone is 2. The molecule has 2 aliphatic rings. The zero-order chi connectivity index (χ0) is 31.1. The largest absolute Gasteiger partial charge is 0.497 e. The third-order valence-electron chi connectivity index (χ3n) is 7.70. The van der Waals surface area contributed by atoms with Crippen LogP contribution in [0.4, 0.5) is 18.9 Å². The van der Waals surface area contributed by atoms with Gasteiger partial charge in [-0.1, -0.05) is 24.3 Å². The molecule has 0 fully saturated rings. The van der Waals surface area contributed by atoms with Gasteiger partial charge >= 0.3 is 18.1 Å². The summed E-state index contributed by atoms with van der Waals surface area (Å²) < 4.78 is 56.8. The van der Waals surface area contributed by atoms with E-state index in [1.165, 1.54) is 42.6 Å². The number of benzene rings is 2. The molecular formula is C31H27F3N2O6S. The molecule has 1 aliphatic heterocycles. The van der Waals surface area contributed by atoms with Crippen LogP contribution in [0.2, 0.25) is 0 Å². The van der Waals surface area contributed by atoms with Crippen molar-refractivity contribution in [1.82, 2.24) is 0 Å². The fourth-order valence-electron chi connectivity index (χ4n) is 5.76. The molecule has 0 radical (unpaired) electrons. The summed E-state index contributed by atoms with van der Waals surface area (Å²) in [6, 6.07) is 14.7. The predicted octanol–water partition coefficient (Wildman–Crippen LogP) is 5.52. The van der Waals surface area contributed by atoms with Gasteiger partial charge in [0.15, 0.2) is 5.78 Å². The van der Waals surface area contributed by atoms with Crippen molar-refractivity contribution < 1.29 is 41.8 Å². The molecule has 3 atom stereocenters. The highest BCUT2D eigenvalue weighted by Crippen LogP contribution is 2.52. The van der Waals surface area contributed by atoms with Gasteiger partial charge in [0.2, 0.25) is 0 Å². The molecule has 2 aromatic carbocycles. The third kappa shape index (κ3) is 5.27. The maximum absolute atomic E-state index is 14.5. The van der Waals surface area contributed by atoms with Crippen LogP contribution in [0.3, 0.4) is 0 Å². The number of carbonyl (C=O) groups excluding carboxylic acids is 3. The molecule has 1 aliphatic carbocycles. The van der Waals surface area contributed by atoms with E-state index in [-0.39, 0.29) is 34.8 Å². The van der Waals surface area contributed by atoms with Gasteiger partial charge < -0.3 is 19.9 Å². The molecule has 8 nitrogen and oxygen atoms in total. The Balaban J connectivity index is 1.81. The molecule has 5 rings (SSSR count). The van der Waals surface area contributed by atoms with Gasteiger partial charge in [-0.25, -0.2) is 4.79 Å². The molecule has 2 N–H and O–H groups in total. The molecule has 2 heterocycles. The average molecular weight is 613 g/mol. The van der Waals surface area contributed by atoms with Gasteiger partial charge in [-0.3, -0.25) is 14.5 Å². The Morgan fingerprint density at radius 2 is 1.72 bits per heavy atom. The number of nitrogens with two attached hydrogens (primary N) is 1. The van der Waals surface area contributed by atoms with Gasteiger partial charge in [0.1, 0.15) is 17.5 Å². The van der Waals surface area contributed by atoms with Crippen molar-refractivity contribution in [2.45, 2.75) is 24.4 Å². The summed E-state index contributed by atoms with van der Waals surface area (Å²) in [5, 5.41) is 1.76. The summed E-state index contributed by atoms with van der Waals surface area (Å²) in [5.74, 6) is -5.00. The fraction of sp³-hybridized carbons (Fsp3) is 0.258. The Morgan fingerprint density at radius 3 is 2.30 bits per heavy atom. The number of ketones is 1. The highest BCUT2D eigenvalue weighted by Gasteiger charge is 2.51. The molecule has 0 amide bonds. The van der Waals surface area contributed by atoms with Gasteiger partial charge in [0.05, 0.1) is 38.4 Å². The first kappa shape index (κ1) is 29.9. The van der Waals surface area contributed by atoms with Crippen molar-refractivity contribution in [1.29, 1.82) is 0 Å². The van der Waals surface area contributed by atoms with Crippen LogP contribution in [0, 0.1) is 5.92 Å². The summed E-state index contributed by atoms with van der Waals surface area (Å²) in [4.78, 5) is 42.9. The number of anilines is 1. The Kier molecular flexibility index (Phi) is 8.06. The Morgan fingerprint density at radius 1 is 1.00 bits per heavy atom. The van der Waals surface area contributed by atoms with Crippen LogP contribution >= 0.6 is 11.3 Å². The molecule has 224 valence electrons. The van der Waals surface area contributed by atoms with Crippen molar-refractivity contribution in [2.24, 2.45) is 11.7 Å². The van der Waals surface area contributed by atoms with Crippen molar-refractivity contribution in [3.05, 3.63) is 105 Å². The zero-order valence-electron chi connectivity index (χ0n) is 23.3. The lowest BCUT2D eigenvalue weighted by Gasteiger charge is -2.43. The highest BCUT2D eigenvalue weighted by molar-refractivity contribution is 7.10. The van der Waals surface area contributed by atoms with E-state index in [9.17, 15) is 27.6 Å². The Hall–Kier alpha value is -4.58. The van der Waals surface area contributed by atoms with Crippen LogP contribution in [-0.2, 0) is 30.0 Å². The summed E-state index contributed by atoms with van der Waals surface area (Å²) in [7, 11) is 3.82. The number of hydrogen-bond donors (Lipinski definition) is 1. The van der Waals surface area contributed by atoms with Crippen molar-refractivity contribution >= 4 is 34.7 Å². The second-order valence-corrected chi connectivity index (χ2v) is 10.9. The number of alkyl halides is 3. The molecule has 0 saturated heterocycles. The van der Waals surface area contributed by atoms with Crippen molar-refractivity contribution in [3.63, 3.8) is 0 Å². The van der Waals surface area contributed by atoms with Crippen LogP contribution in [0.5, 0.6) is 5.75 Å². The number of methoxy groups -OCH3 is 3. The molecule has 0 unspecified atom stereocenters. The van der Waals surface area contributed by atoms with E-state index < -0.39 is 47.2 Å². The lowest BCUT2D eigenvalue weighted by Crippen LogP contribution is -2.46. The summed E-state index contributed by atoms with van der Waals surface area (Å²) in [5.41, 5.74) is 6.52. The topological polar surface area (TPSA) is 108 Å². The standard InChI is InChI=1S/C31H27F3N2O6S/c1-40-19-11-9-16(10-12-19)20-15-21-24(27(37)23(20)29(38)41-2)25(22-8-5-13-43-22)26(30(39)42-3)28(35)36(21)18-7-4-6-17(14-18)31(32,33)34/h4-14,20,23,25H,15,35H2,1-3H3/t20-,23+,25+/m0/s1. The van der Waals surface area contributed by atoms with Crippen LogP contribution < -0.4 is 15.4 Å². The normalized spacial score (nSPS) is 20.6. The number of Topliss-reactive ketones (excluding diaryl/α,β-unsaturated/α-hetero) is 1. The summed E-state index contributed by atoms with van der Waals surface area (Å²) in [6.07, 6.45) is -4.66. The lowest BCUT2D eigenvalue weighted by molar-refractivity contribution is -0.150. The highest BCUT2D eigenvalue weighted by atomic mass is 32.1. The second kappa shape index (κ2) is 11.6. The average Bonchev–Trinajstić information content (AvgIpc) is 3.54. The van der Waals surface area contributed by atoms with E-state index in [4.69, 9.17) is 19.9 Å². The number of rotatable bonds is 6. The quantitative estimate of drug-likeness (QED) is 0.286. The molecular weight excluding hydrogens is 585 g/mol. The number of thiophene rings is 1. The van der Waals surface area contributed by atoms with E-state index >= 15 is 0 Å². The molecule has 12 heteroatoms. The van der Waals surface area contributed by atoms with E-state index in [0.29, 0.717) is 16.2 Å². The number of halogens is 3. The Bertz CT molecular complexity index is 1630. The SMILES string of the molecule is COC(=O)C1=C(N)N(c2cccc(C(F)(F)F)c2)C2=C(C(=O)[C@H](C(=O)OC)[C@H](c3ccc(OC)cc3)C2)[C@H]1c1cccs1. The lowest BCUT2D eigenvalue weighted by atomic mass is 9.68. The van der Waals surface area contributed by atoms with E-state index in [0.717, 1.165) is 19.2 Å². The number of hydrogen-bond acceptors (Lipinski definition) is 9. The van der Waals surface area contributed by atoms with Gasteiger partial charge in [-0.2, -0.15) is 13.2 Å². The van der Waals surface area contributed by atoms with Crippen LogP contribution in [0.25, 0.3) is 0 Å². The van der Waals surface area contributed by atoms with E-state index in [1.54, 1.807) is 41.8 Å². The monoisotopic (exact) mass is 612 g/mol. The van der Waals surface area contributed by atoms with Gasteiger partial charge in [0, 0.05) is 27.8 Å². The molecule has 43 heavy (non-hydrogen) atoms. The van der Waals surface area contributed by atoms with Crippen LogP contribution in [0.1, 0.15) is 34.3 Å². The van der Waals surface area contributed by atoms with Gasteiger partial charge in [-0.15, -0.1) is 11.3 Å². The number of ether oxygens (including phenoxy) is 3. The maximum Gasteiger partial charge on any atom is 0.416 e. The molecule has 0 saturated carbocycles. The number of nitrogens with zero attached hydrogens (tertiary/aromatic N) is 1. The minimum Gasteiger partial charge on any atom is -0.497 e. The first-order valence-electron chi connectivity index (χ1n) is 13.1. The fourth-order valence-corrected chi connectivity index (χ4v) is 6.60. The van der Waals surface area contributed by atoms with E-state index in [1.807, 2.05) is 0 Å².